The van der Waals surface area contributed by atoms with E-state index in [1.807, 2.05) is 11.0 Å². The van der Waals surface area contributed by atoms with Gasteiger partial charge in [-0.2, -0.15) is 0 Å². The first kappa shape index (κ1) is 21.0. The van der Waals surface area contributed by atoms with E-state index in [1.165, 1.54) is 0 Å². The summed E-state index contributed by atoms with van der Waals surface area (Å²) in [6.07, 6.45) is 3.16. The average molecular weight is 415 g/mol. The van der Waals surface area contributed by atoms with E-state index in [-0.39, 0.29) is 17.7 Å². The minimum atomic E-state index is -3.62. The first-order valence-electron chi connectivity index (χ1n) is 9.79. The topological polar surface area (TPSA) is 83.6 Å². The Morgan fingerprint density at radius 2 is 1.72 bits per heavy atom. The molecular weight excluding hydrogens is 388 g/mol. The number of amides is 2. The van der Waals surface area contributed by atoms with Gasteiger partial charge in [-0.1, -0.05) is 30.3 Å². The summed E-state index contributed by atoms with van der Waals surface area (Å²) < 4.78 is 24.7. The summed E-state index contributed by atoms with van der Waals surface area (Å²) >= 11 is 0. The smallest absolute Gasteiger partial charge is 0.254 e. The molecule has 1 aliphatic heterocycles. The number of carbonyl (C=O) groups excluding carboxylic acids is 2. The van der Waals surface area contributed by atoms with Gasteiger partial charge in [0, 0.05) is 23.8 Å². The zero-order valence-corrected chi connectivity index (χ0v) is 17.3. The maximum absolute atomic E-state index is 12.7. The minimum Gasteiger partial charge on any atom is -0.336 e. The van der Waals surface area contributed by atoms with Gasteiger partial charge < -0.3 is 10.2 Å². The van der Waals surface area contributed by atoms with Crippen molar-refractivity contribution in [3.63, 3.8) is 0 Å². The molecule has 2 aromatic rings. The zero-order chi connectivity index (χ0) is 20.9. The van der Waals surface area contributed by atoms with E-state index in [0.29, 0.717) is 16.8 Å². The monoisotopic (exact) mass is 414 g/mol. The number of para-hydroxylation sites is 1. The molecule has 1 atom stereocenters. The Morgan fingerprint density at radius 1 is 1.03 bits per heavy atom. The third kappa shape index (κ3) is 5.90. The van der Waals surface area contributed by atoms with Gasteiger partial charge in [-0.15, -0.1) is 0 Å². The van der Waals surface area contributed by atoms with E-state index in [0.717, 1.165) is 25.8 Å². The lowest BCUT2D eigenvalue weighted by atomic mass is 10.0. The first-order valence-corrected chi connectivity index (χ1v) is 11.6. The van der Waals surface area contributed by atoms with Gasteiger partial charge >= 0.3 is 0 Å². The number of likely N-dealkylation sites (tertiary alicyclic amines) is 1. The molecule has 1 fully saturated rings. The van der Waals surface area contributed by atoms with Crippen LogP contribution in [0.2, 0.25) is 0 Å². The van der Waals surface area contributed by atoms with Crippen molar-refractivity contribution in [3.05, 3.63) is 65.7 Å². The third-order valence-electron chi connectivity index (χ3n) is 5.06. The number of piperidine rings is 1. The maximum Gasteiger partial charge on any atom is 0.254 e. The predicted octanol–water partition coefficient (Wildman–Crippen LogP) is 3.25. The summed E-state index contributed by atoms with van der Waals surface area (Å²) in [5.41, 5.74) is 1.67. The number of benzene rings is 2. The Labute approximate surface area is 171 Å². The molecule has 2 amide bonds. The fourth-order valence-electron chi connectivity index (χ4n) is 3.53. The van der Waals surface area contributed by atoms with Gasteiger partial charge in [-0.3, -0.25) is 9.59 Å². The van der Waals surface area contributed by atoms with Crippen molar-refractivity contribution >= 4 is 27.3 Å². The first-order chi connectivity index (χ1) is 13.8. The van der Waals surface area contributed by atoms with Crippen molar-refractivity contribution in [1.82, 2.24) is 4.90 Å². The van der Waals surface area contributed by atoms with Gasteiger partial charge in [0.05, 0.1) is 5.75 Å². The standard InChI is InChI=1S/C22H26N2O4S/c1-17-7-5-6-14-24(17)22(26)19-12-10-18(11-13-19)15-29(27,28)16-21(25)23-20-8-3-2-4-9-20/h2-4,8-13,17H,5-7,14-16H2,1H3,(H,23,25). The SMILES string of the molecule is CC1CCCCN1C(=O)c1ccc(CS(=O)(=O)CC(=O)Nc2ccccc2)cc1. The van der Waals surface area contributed by atoms with Crippen LogP contribution in [0.3, 0.4) is 0 Å². The molecule has 1 aliphatic rings. The molecule has 3 rings (SSSR count). The van der Waals surface area contributed by atoms with Gasteiger partial charge in [-0.25, -0.2) is 8.42 Å². The van der Waals surface area contributed by atoms with Gasteiger partial charge in [0.25, 0.3) is 5.91 Å². The van der Waals surface area contributed by atoms with Crippen LogP contribution in [0.4, 0.5) is 5.69 Å². The third-order valence-corrected chi connectivity index (χ3v) is 6.54. The molecule has 0 radical (unpaired) electrons. The van der Waals surface area contributed by atoms with E-state index < -0.39 is 21.5 Å². The largest absolute Gasteiger partial charge is 0.336 e. The number of anilines is 1. The van der Waals surface area contributed by atoms with Gasteiger partial charge in [-0.05, 0) is 56.0 Å². The highest BCUT2D eigenvalue weighted by Gasteiger charge is 2.24. The Kier molecular flexibility index (Phi) is 6.69. The second-order valence-corrected chi connectivity index (χ2v) is 9.55. The van der Waals surface area contributed by atoms with Crippen molar-refractivity contribution in [3.8, 4) is 0 Å². The Morgan fingerprint density at radius 3 is 2.38 bits per heavy atom. The van der Waals surface area contributed by atoms with Crippen LogP contribution in [-0.4, -0.2) is 43.5 Å². The number of carbonyl (C=O) groups is 2. The molecule has 1 N–H and O–H groups in total. The summed E-state index contributed by atoms with van der Waals surface area (Å²) in [7, 11) is -3.62. The lowest BCUT2D eigenvalue weighted by Gasteiger charge is -2.33. The fraction of sp³-hybridized carbons (Fsp3) is 0.364. The number of rotatable bonds is 6. The highest BCUT2D eigenvalue weighted by Crippen LogP contribution is 2.20. The van der Waals surface area contributed by atoms with Crippen LogP contribution in [0.25, 0.3) is 0 Å². The van der Waals surface area contributed by atoms with Crippen molar-refractivity contribution in [2.75, 3.05) is 17.6 Å². The lowest BCUT2D eigenvalue weighted by Crippen LogP contribution is -2.42. The number of hydrogen-bond donors (Lipinski definition) is 1. The number of hydrogen-bond acceptors (Lipinski definition) is 4. The second-order valence-electron chi connectivity index (χ2n) is 7.49. The molecular formula is C22H26N2O4S. The highest BCUT2D eigenvalue weighted by molar-refractivity contribution is 7.91. The van der Waals surface area contributed by atoms with Crippen LogP contribution in [0.15, 0.2) is 54.6 Å². The molecule has 0 bridgehead atoms. The normalized spacial score (nSPS) is 17.0. The lowest BCUT2D eigenvalue weighted by molar-refractivity contribution is -0.113. The Balaban J connectivity index is 1.59. The molecule has 7 heteroatoms. The van der Waals surface area contributed by atoms with Gasteiger partial charge in [0.15, 0.2) is 9.84 Å². The molecule has 6 nitrogen and oxygen atoms in total. The zero-order valence-electron chi connectivity index (χ0n) is 16.5. The maximum atomic E-state index is 12.7. The highest BCUT2D eigenvalue weighted by atomic mass is 32.2. The van der Waals surface area contributed by atoms with E-state index in [2.05, 4.69) is 12.2 Å². The Bertz CT molecular complexity index is 956. The van der Waals surface area contributed by atoms with Crippen LogP contribution >= 0.6 is 0 Å². The van der Waals surface area contributed by atoms with Crippen LogP contribution in [0.5, 0.6) is 0 Å². The average Bonchev–Trinajstić information content (AvgIpc) is 2.68. The van der Waals surface area contributed by atoms with Crippen molar-refractivity contribution in [1.29, 1.82) is 0 Å². The number of sulfone groups is 1. The molecule has 2 aromatic carbocycles. The van der Waals surface area contributed by atoms with E-state index >= 15 is 0 Å². The van der Waals surface area contributed by atoms with E-state index in [1.54, 1.807) is 48.5 Å². The van der Waals surface area contributed by atoms with Crippen LogP contribution < -0.4 is 5.32 Å². The summed E-state index contributed by atoms with van der Waals surface area (Å²) in [5, 5.41) is 2.58. The summed E-state index contributed by atoms with van der Waals surface area (Å²) in [6.45, 7) is 2.81. The number of nitrogens with one attached hydrogen (secondary N) is 1. The van der Waals surface area contributed by atoms with Crippen molar-refractivity contribution in [2.24, 2.45) is 0 Å². The molecule has 1 heterocycles. The molecule has 154 valence electrons. The molecule has 1 unspecified atom stereocenters. The minimum absolute atomic E-state index is 0.0196. The van der Waals surface area contributed by atoms with E-state index in [9.17, 15) is 18.0 Å². The van der Waals surface area contributed by atoms with Crippen LogP contribution in [0.1, 0.15) is 42.1 Å². The number of nitrogens with zero attached hydrogens (tertiary/aromatic N) is 1. The molecule has 29 heavy (non-hydrogen) atoms. The van der Waals surface area contributed by atoms with Crippen LogP contribution in [0, 0.1) is 0 Å². The van der Waals surface area contributed by atoms with E-state index in [4.69, 9.17) is 0 Å². The molecule has 0 aromatic heterocycles. The van der Waals surface area contributed by atoms with Gasteiger partial charge in [0.1, 0.15) is 5.75 Å². The molecule has 0 spiro atoms. The predicted molar refractivity (Wildman–Crippen MR) is 113 cm³/mol. The molecule has 0 aliphatic carbocycles. The van der Waals surface area contributed by atoms with Crippen molar-refractivity contribution in [2.45, 2.75) is 38.0 Å². The van der Waals surface area contributed by atoms with Crippen molar-refractivity contribution < 1.29 is 18.0 Å². The quantitative estimate of drug-likeness (QED) is 0.786. The second kappa shape index (κ2) is 9.22. The molecule has 0 saturated carbocycles. The molecule has 1 saturated heterocycles. The Hall–Kier alpha value is -2.67. The van der Waals surface area contributed by atoms with Crippen LogP contribution in [-0.2, 0) is 20.4 Å². The summed E-state index contributed by atoms with van der Waals surface area (Å²) in [4.78, 5) is 26.6. The summed E-state index contributed by atoms with van der Waals surface area (Å²) in [6, 6.07) is 15.6. The fourth-order valence-corrected chi connectivity index (χ4v) is 4.81. The van der Waals surface area contributed by atoms with Gasteiger partial charge in [0.2, 0.25) is 5.91 Å². The summed E-state index contributed by atoms with van der Waals surface area (Å²) in [5.74, 6) is -1.42.